The standard InChI is InChI=1S/C14H15F3O2/c15-14(16,17)9-19-8-13(18)12-6-4-11(5-7-12)10-2-1-3-10/h4-7,10H,1-3,8-9H2. The van der Waals surface area contributed by atoms with Crippen LogP contribution >= 0.6 is 0 Å². The minimum Gasteiger partial charge on any atom is -0.364 e. The van der Waals surface area contributed by atoms with Crippen LogP contribution < -0.4 is 0 Å². The van der Waals surface area contributed by atoms with Crippen LogP contribution in [0.25, 0.3) is 0 Å². The molecular weight excluding hydrogens is 257 g/mol. The van der Waals surface area contributed by atoms with Gasteiger partial charge >= 0.3 is 6.18 Å². The van der Waals surface area contributed by atoms with Crippen molar-refractivity contribution in [3.8, 4) is 0 Å². The Labute approximate surface area is 109 Å². The fourth-order valence-electron chi connectivity index (χ4n) is 2.03. The number of Topliss-reactive ketones (excluding diaryl/α,β-unsaturated/α-hetero) is 1. The molecule has 0 spiro atoms. The summed E-state index contributed by atoms with van der Waals surface area (Å²) in [6.45, 7) is -1.93. The van der Waals surface area contributed by atoms with Crippen LogP contribution in [-0.4, -0.2) is 25.2 Å². The molecule has 1 saturated carbocycles. The van der Waals surface area contributed by atoms with Gasteiger partial charge in [0.2, 0.25) is 0 Å². The zero-order valence-corrected chi connectivity index (χ0v) is 10.4. The maximum absolute atomic E-state index is 11.9. The first-order chi connectivity index (χ1) is 8.96. The lowest BCUT2D eigenvalue weighted by molar-refractivity contribution is -0.170. The molecule has 19 heavy (non-hydrogen) atoms. The van der Waals surface area contributed by atoms with Crippen molar-refractivity contribution in [1.82, 2.24) is 0 Å². The van der Waals surface area contributed by atoms with Gasteiger partial charge in [-0.05, 0) is 24.3 Å². The molecule has 1 aromatic carbocycles. The van der Waals surface area contributed by atoms with Gasteiger partial charge in [0.1, 0.15) is 13.2 Å². The highest BCUT2D eigenvalue weighted by molar-refractivity contribution is 5.97. The first-order valence-corrected chi connectivity index (χ1v) is 6.23. The largest absolute Gasteiger partial charge is 0.411 e. The van der Waals surface area contributed by atoms with E-state index in [1.165, 1.54) is 24.8 Å². The number of benzene rings is 1. The Morgan fingerprint density at radius 2 is 1.84 bits per heavy atom. The van der Waals surface area contributed by atoms with Crippen molar-refractivity contribution in [2.45, 2.75) is 31.4 Å². The van der Waals surface area contributed by atoms with Crippen LogP contribution in [0.4, 0.5) is 13.2 Å². The predicted octanol–water partition coefficient (Wildman–Crippen LogP) is 3.72. The Balaban J connectivity index is 1.85. The molecule has 104 valence electrons. The van der Waals surface area contributed by atoms with Crippen molar-refractivity contribution >= 4 is 5.78 Å². The first-order valence-electron chi connectivity index (χ1n) is 6.23. The van der Waals surface area contributed by atoms with Crippen molar-refractivity contribution in [1.29, 1.82) is 0 Å². The molecule has 0 radical (unpaired) electrons. The van der Waals surface area contributed by atoms with E-state index in [0.717, 1.165) is 0 Å². The number of carbonyl (C=O) groups is 1. The zero-order valence-electron chi connectivity index (χ0n) is 10.4. The SMILES string of the molecule is O=C(COCC(F)(F)F)c1ccc(C2CCC2)cc1. The number of hydrogen-bond acceptors (Lipinski definition) is 2. The van der Waals surface area contributed by atoms with Gasteiger partial charge < -0.3 is 4.74 Å². The van der Waals surface area contributed by atoms with E-state index >= 15 is 0 Å². The molecule has 1 aliphatic carbocycles. The summed E-state index contributed by atoms with van der Waals surface area (Å²) < 4.78 is 39.9. The van der Waals surface area contributed by atoms with Crippen LogP contribution in [0, 0.1) is 0 Å². The van der Waals surface area contributed by atoms with Gasteiger partial charge in [0, 0.05) is 5.56 Å². The van der Waals surface area contributed by atoms with Crippen LogP contribution in [0.3, 0.4) is 0 Å². The van der Waals surface area contributed by atoms with E-state index < -0.39 is 25.2 Å². The Hall–Kier alpha value is -1.36. The average Bonchev–Trinajstić information content (AvgIpc) is 2.25. The minimum absolute atomic E-state index is 0.394. The Kier molecular flexibility index (Phi) is 4.24. The molecule has 0 bridgehead atoms. The summed E-state index contributed by atoms with van der Waals surface area (Å²) in [4.78, 5) is 11.6. The monoisotopic (exact) mass is 272 g/mol. The number of hydrogen-bond donors (Lipinski definition) is 0. The molecule has 0 unspecified atom stereocenters. The minimum atomic E-state index is -4.39. The topological polar surface area (TPSA) is 26.3 Å². The van der Waals surface area contributed by atoms with Crippen molar-refractivity contribution in [2.24, 2.45) is 0 Å². The smallest absolute Gasteiger partial charge is 0.364 e. The number of ether oxygens (including phenoxy) is 1. The highest BCUT2D eigenvalue weighted by Crippen LogP contribution is 2.36. The number of rotatable bonds is 5. The number of alkyl halides is 3. The summed E-state index contributed by atoms with van der Waals surface area (Å²) >= 11 is 0. The molecule has 5 heteroatoms. The van der Waals surface area contributed by atoms with Crippen molar-refractivity contribution in [3.63, 3.8) is 0 Å². The van der Waals surface area contributed by atoms with Gasteiger partial charge in [-0.2, -0.15) is 13.2 Å². The summed E-state index contributed by atoms with van der Waals surface area (Å²) in [6, 6.07) is 7.07. The van der Waals surface area contributed by atoms with E-state index in [9.17, 15) is 18.0 Å². The summed E-state index contributed by atoms with van der Waals surface area (Å²) in [7, 11) is 0. The molecule has 2 rings (SSSR count). The number of ketones is 1. The van der Waals surface area contributed by atoms with Crippen LogP contribution in [0.5, 0.6) is 0 Å². The lowest BCUT2D eigenvalue weighted by Gasteiger charge is -2.25. The summed E-state index contributed by atoms with van der Waals surface area (Å²) in [5, 5.41) is 0. The summed E-state index contributed by atoms with van der Waals surface area (Å²) in [5.41, 5.74) is 1.59. The fourth-order valence-corrected chi connectivity index (χ4v) is 2.03. The van der Waals surface area contributed by atoms with Crippen molar-refractivity contribution in [3.05, 3.63) is 35.4 Å². The molecule has 0 N–H and O–H groups in total. The van der Waals surface area contributed by atoms with E-state index in [0.29, 0.717) is 11.5 Å². The Bertz CT molecular complexity index is 433. The van der Waals surface area contributed by atoms with Crippen molar-refractivity contribution < 1.29 is 22.7 Å². The lowest BCUT2D eigenvalue weighted by atomic mass is 9.80. The van der Waals surface area contributed by atoms with E-state index in [2.05, 4.69) is 4.74 Å². The second kappa shape index (κ2) is 5.74. The molecule has 1 fully saturated rings. The molecule has 0 amide bonds. The lowest BCUT2D eigenvalue weighted by Crippen LogP contribution is -2.20. The summed E-state index contributed by atoms with van der Waals surface area (Å²) in [5.74, 6) is 0.148. The van der Waals surface area contributed by atoms with Gasteiger partial charge in [0.25, 0.3) is 0 Å². The third-order valence-corrected chi connectivity index (χ3v) is 3.31. The van der Waals surface area contributed by atoms with Crippen LogP contribution in [-0.2, 0) is 4.74 Å². The van der Waals surface area contributed by atoms with Crippen LogP contribution in [0.2, 0.25) is 0 Å². The maximum atomic E-state index is 11.9. The Morgan fingerprint density at radius 3 is 2.32 bits per heavy atom. The van der Waals surface area contributed by atoms with Crippen molar-refractivity contribution in [2.75, 3.05) is 13.2 Å². The predicted molar refractivity (Wildman–Crippen MR) is 64.2 cm³/mol. The molecule has 0 atom stereocenters. The van der Waals surface area contributed by atoms with Gasteiger partial charge in [-0.3, -0.25) is 4.79 Å². The van der Waals surface area contributed by atoms with Crippen LogP contribution in [0.15, 0.2) is 24.3 Å². The highest BCUT2D eigenvalue weighted by Gasteiger charge is 2.27. The van der Waals surface area contributed by atoms with E-state index in [1.807, 2.05) is 12.1 Å². The van der Waals surface area contributed by atoms with Gasteiger partial charge in [0.05, 0.1) is 0 Å². The van der Waals surface area contributed by atoms with E-state index in [4.69, 9.17) is 0 Å². The molecule has 0 aliphatic heterocycles. The molecule has 0 aromatic heterocycles. The second-order valence-corrected chi connectivity index (χ2v) is 4.78. The van der Waals surface area contributed by atoms with Gasteiger partial charge in [-0.15, -0.1) is 0 Å². The molecule has 1 aromatic rings. The molecule has 0 saturated heterocycles. The first kappa shape index (κ1) is 14.1. The van der Waals surface area contributed by atoms with Gasteiger partial charge in [-0.1, -0.05) is 30.7 Å². The van der Waals surface area contributed by atoms with E-state index in [1.54, 1.807) is 12.1 Å². The fraction of sp³-hybridized carbons (Fsp3) is 0.500. The summed E-state index contributed by atoms with van der Waals surface area (Å²) in [6.07, 6.45) is -0.824. The highest BCUT2D eigenvalue weighted by atomic mass is 19.4. The molecular formula is C14H15F3O2. The Morgan fingerprint density at radius 1 is 1.21 bits per heavy atom. The van der Waals surface area contributed by atoms with Gasteiger partial charge in [0.15, 0.2) is 5.78 Å². The average molecular weight is 272 g/mol. The third-order valence-electron chi connectivity index (χ3n) is 3.31. The second-order valence-electron chi connectivity index (χ2n) is 4.78. The van der Waals surface area contributed by atoms with Gasteiger partial charge in [-0.25, -0.2) is 0 Å². The zero-order chi connectivity index (χ0) is 13.9. The normalized spacial score (nSPS) is 16.2. The number of halogens is 3. The molecule has 2 nitrogen and oxygen atoms in total. The van der Waals surface area contributed by atoms with E-state index in [-0.39, 0.29) is 0 Å². The third kappa shape index (κ3) is 4.06. The maximum Gasteiger partial charge on any atom is 0.411 e. The molecule has 0 heterocycles. The molecule has 1 aliphatic rings. The quantitative estimate of drug-likeness (QED) is 0.764. The number of carbonyl (C=O) groups excluding carboxylic acids is 1. The van der Waals surface area contributed by atoms with Crippen LogP contribution in [0.1, 0.15) is 41.1 Å².